The highest BCUT2D eigenvalue weighted by Crippen LogP contribution is 2.12. The minimum atomic E-state index is -0.257. The van der Waals surface area contributed by atoms with E-state index in [0.29, 0.717) is 24.4 Å². The summed E-state index contributed by atoms with van der Waals surface area (Å²) in [6.07, 6.45) is 0. The molecule has 0 bridgehead atoms. The first-order chi connectivity index (χ1) is 10.1. The summed E-state index contributed by atoms with van der Waals surface area (Å²) >= 11 is 0. The quantitative estimate of drug-likeness (QED) is 0.849. The first-order valence-corrected chi connectivity index (χ1v) is 6.74. The van der Waals surface area contributed by atoms with Gasteiger partial charge in [0.15, 0.2) is 0 Å². The molecular formula is C14H19FN6. The average molecular weight is 290 g/mol. The molecule has 1 aromatic heterocycles. The molecule has 0 unspecified atom stereocenters. The molecule has 112 valence electrons. The largest absolute Gasteiger partial charge is 0.354 e. The highest BCUT2D eigenvalue weighted by Gasteiger charge is 2.07. The van der Waals surface area contributed by atoms with Crippen LogP contribution in [0.1, 0.15) is 12.5 Å². The molecule has 0 saturated heterocycles. The molecule has 1 heterocycles. The Morgan fingerprint density at radius 3 is 2.43 bits per heavy atom. The second kappa shape index (κ2) is 6.83. The maximum absolute atomic E-state index is 13.1. The maximum Gasteiger partial charge on any atom is 0.231 e. The van der Waals surface area contributed by atoms with Crippen molar-refractivity contribution in [3.63, 3.8) is 0 Å². The van der Waals surface area contributed by atoms with Gasteiger partial charge in [0.2, 0.25) is 17.8 Å². The van der Waals surface area contributed by atoms with Crippen molar-refractivity contribution in [3.05, 3.63) is 35.6 Å². The van der Waals surface area contributed by atoms with Crippen LogP contribution in [0.4, 0.5) is 22.2 Å². The molecule has 2 N–H and O–H groups in total. The van der Waals surface area contributed by atoms with Gasteiger partial charge in [0, 0.05) is 27.2 Å². The van der Waals surface area contributed by atoms with Crippen LogP contribution in [0, 0.1) is 5.82 Å². The van der Waals surface area contributed by atoms with E-state index in [9.17, 15) is 4.39 Å². The second-order valence-electron chi connectivity index (χ2n) is 4.69. The van der Waals surface area contributed by atoms with Gasteiger partial charge < -0.3 is 15.5 Å². The molecule has 0 aliphatic carbocycles. The van der Waals surface area contributed by atoms with Gasteiger partial charge in [0.25, 0.3) is 0 Å². The van der Waals surface area contributed by atoms with Crippen molar-refractivity contribution in [2.24, 2.45) is 0 Å². The summed E-state index contributed by atoms with van der Waals surface area (Å²) < 4.78 is 13.1. The number of anilines is 3. The van der Waals surface area contributed by atoms with Gasteiger partial charge in [0.05, 0.1) is 0 Å². The van der Waals surface area contributed by atoms with Crippen LogP contribution in [0.2, 0.25) is 0 Å². The van der Waals surface area contributed by atoms with Crippen LogP contribution >= 0.6 is 0 Å². The van der Waals surface area contributed by atoms with Crippen molar-refractivity contribution >= 4 is 17.8 Å². The Bertz CT molecular complexity index is 602. The number of rotatable bonds is 6. The number of halogens is 1. The van der Waals surface area contributed by atoms with E-state index in [1.165, 1.54) is 12.1 Å². The van der Waals surface area contributed by atoms with E-state index in [2.05, 4.69) is 25.6 Å². The maximum atomic E-state index is 13.1. The number of hydrogen-bond acceptors (Lipinski definition) is 6. The standard InChI is InChI=1S/C14H19FN6/c1-4-16-12-18-13(20-14(19-12)21(2)3)17-9-10-6-5-7-11(15)8-10/h5-8H,4,9H2,1-3H3,(H2,16,17,18,19,20). The van der Waals surface area contributed by atoms with Crippen LogP contribution in [0.3, 0.4) is 0 Å². The van der Waals surface area contributed by atoms with Gasteiger partial charge in [0.1, 0.15) is 5.82 Å². The average Bonchev–Trinajstić information content (AvgIpc) is 2.45. The Labute approximate surface area is 123 Å². The zero-order valence-electron chi connectivity index (χ0n) is 12.4. The third-order valence-corrected chi connectivity index (χ3v) is 2.70. The van der Waals surface area contributed by atoms with Crippen LogP contribution in [0.5, 0.6) is 0 Å². The molecule has 0 fully saturated rings. The Morgan fingerprint density at radius 1 is 1.10 bits per heavy atom. The highest BCUT2D eigenvalue weighted by atomic mass is 19.1. The lowest BCUT2D eigenvalue weighted by Crippen LogP contribution is -2.17. The molecule has 21 heavy (non-hydrogen) atoms. The number of nitrogens with one attached hydrogen (secondary N) is 2. The Hall–Kier alpha value is -2.44. The molecule has 1 aromatic carbocycles. The van der Waals surface area contributed by atoms with Crippen molar-refractivity contribution in [2.45, 2.75) is 13.5 Å². The smallest absolute Gasteiger partial charge is 0.231 e. The molecule has 2 rings (SSSR count). The Morgan fingerprint density at radius 2 is 1.81 bits per heavy atom. The first kappa shape index (κ1) is 15.0. The predicted molar refractivity (Wildman–Crippen MR) is 82.0 cm³/mol. The minimum Gasteiger partial charge on any atom is -0.354 e. The van der Waals surface area contributed by atoms with Gasteiger partial charge >= 0.3 is 0 Å². The third-order valence-electron chi connectivity index (χ3n) is 2.70. The second-order valence-corrected chi connectivity index (χ2v) is 4.69. The Balaban J connectivity index is 2.14. The molecule has 7 heteroatoms. The third kappa shape index (κ3) is 4.27. The fraction of sp³-hybridized carbons (Fsp3) is 0.357. The topological polar surface area (TPSA) is 66.0 Å². The SMILES string of the molecule is CCNc1nc(NCc2cccc(F)c2)nc(N(C)C)n1. The number of benzene rings is 1. The minimum absolute atomic E-state index is 0.257. The summed E-state index contributed by atoms with van der Waals surface area (Å²) in [5, 5.41) is 6.15. The van der Waals surface area contributed by atoms with Crippen molar-refractivity contribution in [3.8, 4) is 0 Å². The van der Waals surface area contributed by atoms with E-state index in [1.807, 2.05) is 27.1 Å². The van der Waals surface area contributed by atoms with Crippen LogP contribution in [-0.4, -0.2) is 35.6 Å². The molecule has 0 radical (unpaired) electrons. The van der Waals surface area contributed by atoms with Crippen molar-refractivity contribution in [1.82, 2.24) is 15.0 Å². The lowest BCUT2D eigenvalue weighted by Gasteiger charge is -2.13. The van der Waals surface area contributed by atoms with E-state index < -0.39 is 0 Å². The summed E-state index contributed by atoms with van der Waals surface area (Å²) in [6.45, 7) is 3.14. The predicted octanol–water partition coefficient (Wildman–Crippen LogP) is 2.12. The molecular weight excluding hydrogens is 271 g/mol. The van der Waals surface area contributed by atoms with E-state index >= 15 is 0 Å². The number of hydrogen-bond donors (Lipinski definition) is 2. The summed E-state index contributed by atoms with van der Waals surface area (Å²) in [5.41, 5.74) is 0.826. The normalized spacial score (nSPS) is 10.3. The van der Waals surface area contributed by atoms with Gasteiger partial charge in [-0.1, -0.05) is 12.1 Å². The molecule has 6 nitrogen and oxygen atoms in total. The van der Waals surface area contributed by atoms with E-state index in [0.717, 1.165) is 12.1 Å². The molecule has 0 aliphatic rings. The van der Waals surface area contributed by atoms with Gasteiger partial charge in [-0.25, -0.2) is 4.39 Å². The fourth-order valence-electron chi connectivity index (χ4n) is 1.71. The van der Waals surface area contributed by atoms with E-state index in [1.54, 1.807) is 11.0 Å². The van der Waals surface area contributed by atoms with Gasteiger partial charge in [-0.05, 0) is 24.6 Å². The number of nitrogens with zero attached hydrogens (tertiary/aromatic N) is 4. The van der Waals surface area contributed by atoms with Crippen LogP contribution in [0.15, 0.2) is 24.3 Å². The summed E-state index contributed by atoms with van der Waals surface area (Å²) in [6, 6.07) is 6.41. The van der Waals surface area contributed by atoms with Crippen LogP contribution < -0.4 is 15.5 Å². The summed E-state index contributed by atoms with van der Waals surface area (Å²) in [7, 11) is 3.73. The van der Waals surface area contributed by atoms with Crippen molar-refractivity contribution in [1.29, 1.82) is 0 Å². The lowest BCUT2D eigenvalue weighted by atomic mass is 10.2. The molecule has 0 saturated carbocycles. The van der Waals surface area contributed by atoms with Crippen LogP contribution in [-0.2, 0) is 6.54 Å². The summed E-state index contributed by atoms with van der Waals surface area (Å²) in [5.74, 6) is 1.27. The zero-order valence-corrected chi connectivity index (χ0v) is 12.4. The molecule has 0 atom stereocenters. The molecule has 0 spiro atoms. The van der Waals surface area contributed by atoms with E-state index in [4.69, 9.17) is 0 Å². The molecule has 0 aliphatic heterocycles. The first-order valence-electron chi connectivity index (χ1n) is 6.74. The summed E-state index contributed by atoms with van der Waals surface area (Å²) in [4.78, 5) is 14.7. The van der Waals surface area contributed by atoms with Gasteiger partial charge in [-0.15, -0.1) is 0 Å². The van der Waals surface area contributed by atoms with Crippen LogP contribution in [0.25, 0.3) is 0 Å². The fourth-order valence-corrected chi connectivity index (χ4v) is 1.71. The molecule has 0 amide bonds. The highest BCUT2D eigenvalue weighted by molar-refractivity contribution is 5.43. The zero-order chi connectivity index (χ0) is 15.2. The van der Waals surface area contributed by atoms with Crippen molar-refractivity contribution in [2.75, 3.05) is 36.2 Å². The van der Waals surface area contributed by atoms with Gasteiger partial charge in [-0.2, -0.15) is 15.0 Å². The lowest BCUT2D eigenvalue weighted by molar-refractivity contribution is 0.626. The number of aromatic nitrogens is 3. The molecule has 2 aromatic rings. The Kier molecular flexibility index (Phi) is 4.86. The van der Waals surface area contributed by atoms with E-state index in [-0.39, 0.29) is 5.82 Å². The van der Waals surface area contributed by atoms with Gasteiger partial charge in [-0.3, -0.25) is 0 Å². The van der Waals surface area contributed by atoms with Crippen molar-refractivity contribution < 1.29 is 4.39 Å². The monoisotopic (exact) mass is 290 g/mol.